The molecule has 0 unspecified atom stereocenters. The zero-order valence-electron chi connectivity index (χ0n) is 10.3. The van der Waals surface area contributed by atoms with Gasteiger partial charge in [0.2, 0.25) is 0 Å². The fourth-order valence-corrected chi connectivity index (χ4v) is 2.97. The number of carbonyl (C=O) groups is 1. The van der Waals surface area contributed by atoms with E-state index >= 15 is 0 Å². The molecule has 0 saturated carbocycles. The third-order valence-corrected chi connectivity index (χ3v) is 3.88. The maximum atomic E-state index is 12.5. The monoisotopic (exact) mass is 251 g/mol. The minimum atomic E-state index is -0.214. The largest absolute Gasteiger partial charge is 0.351 e. The standard InChI is InChI=1S/C16H13NO2/c18-15-12-8-4-5-9-13(12)16-17(15)14(10-19-16)11-6-2-1-3-7-11/h1-9,14,16H,10H2/t14-,16-/m0/s1. The lowest BCUT2D eigenvalue weighted by molar-refractivity contribution is 0.0352. The Morgan fingerprint density at radius 2 is 1.74 bits per heavy atom. The molecule has 1 saturated heterocycles. The number of nitrogens with zero attached hydrogens (tertiary/aromatic N) is 1. The Balaban J connectivity index is 1.77. The molecule has 0 bridgehead atoms. The van der Waals surface area contributed by atoms with Gasteiger partial charge in [0, 0.05) is 11.1 Å². The number of fused-ring (bicyclic) bond motifs is 3. The summed E-state index contributed by atoms with van der Waals surface area (Å²) in [7, 11) is 0. The van der Waals surface area contributed by atoms with Crippen LogP contribution >= 0.6 is 0 Å². The number of hydrogen-bond acceptors (Lipinski definition) is 2. The van der Waals surface area contributed by atoms with Crippen molar-refractivity contribution in [1.82, 2.24) is 4.90 Å². The molecule has 0 radical (unpaired) electrons. The van der Waals surface area contributed by atoms with Gasteiger partial charge in [-0.15, -0.1) is 0 Å². The molecule has 94 valence electrons. The molecule has 3 heteroatoms. The maximum absolute atomic E-state index is 12.5. The first-order valence-electron chi connectivity index (χ1n) is 6.44. The van der Waals surface area contributed by atoms with Crippen molar-refractivity contribution in [3.63, 3.8) is 0 Å². The Kier molecular flexibility index (Phi) is 2.23. The molecule has 2 atom stereocenters. The fraction of sp³-hybridized carbons (Fsp3) is 0.188. The van der Waals surface area contributed by atoms with Crippen LogP contribution in [0.4, 0.5) is 0 Å². The molecule has 0 spiro atoms. The molecule has 1 fully saturated rings. The Morgan fingerprint density at radius 1 is 1.00 bits per heavy atom. The van der Waals surface area contributed by atoms with Gasteiger partial charge in [0.1, 0.15) is 0 Å². The summed E-state index contributed by atoms with van der Waals surface area (Å²) in [6, 6.07) is 17.8. The molecule has 2 aromatic rings. The molecule has 3 nitrogen and oxygen atoms in total. The SMILES string of the molecule is O=C1c2ccccc2[C@@H]2OC[C@@H](c3ccccc3)N12. The molecule has 4 rings (SSSR count). The van der Waals surface area contributed by atoms with Gasteiger partial charge in [0.15, 0.2) is 6.23 Å². The first-order valence-corrected chi connectivity index (χ1v) is 6.44. The van der Waals surface area contributed by atoms with E-state index in [1.165, 1.54) is 0 Å². The maximum Gasteiger partial charge on any atom is 0.257 e. The predicted octanol–water partition coefficient (Wildman–Crippen LogP) is 2.91. The van der Waals surface area contributed by atoms with Gasteiger partial charge < -0.3 is 4.74 Å². The number of hydrogen-bond donors (Lipinski definition) is 0. The Labute approximate surface area is 111 Å². The van der Waals surface area contributed by atoms with Gasteiger partial charge in [-0.1, -0.05) is 48.5 Å². The molecule has 0 aromatic heterocycles. The van der Waals surface area contributed by atoms with Crippen LogP contribution in [0.1, 0.15) is 33.8 Å². The highest BCUT2D eigenvalue weighted by molar-refractivity contribution is 5.99. The molecule has 1 amide bonds. The van der Waals surface area contributed by atoms with Gasteiger partial charge in [-0.3, -0.25) is 9.69 Å². The Morgan fingerprint density at radius 3 is 2.58 bits per heavy atom. The molecular weight excluding hydrogens is 238 g/mol. The van der Waals surface area contributed by atoms with Crippen LogP contribution in [0.5, 0.6) is 0 Å². The van der Waals surface area contributed by atoms with E-state index in [0.717, 1.165) is 16.7 Å². The zero-order chi connectivity index (χ0) is 12.8. The van der Waals surface area contributed by atoms with Crippen LogP contribution in [0.15, 0.2) is 54.6 Å². The van der Waals surface area contributed by atoms with E-state index in [2.05, 4.69) is 0 Å². The van der Waals surface area contributed by atoms with Crippen LogP contribution in [0.25, 0.3) is 0 Å². The third-order valence-electron chi connectivity index (χ3n) is 3.88. The minimum absolute atomic E-state index is 0.0195. The van der Waals surface area contributed by atoms with Crippen molar-refractivity contribution in [3.8, 4) is 0 Å². The number of amides is 1. The van der Waals surface area contributed by atoms with Gasteiger partial charge in [-0.25, -0.2) is 0 Å². The van der Waals surface area contributed by atoms with Gasteiger partial charge in [0.25, 0.3) is 5.91 Å². The second-order valence-electron chi connectivity index (χ2n) is 4.91. The average molecular weight is 251 g/mol. The van der Waals surface area contributed by atoms with E-state index < -0.39 is 0 Å². The van der Waals surface area contributed by atoms with Crippen molar-refractivity contribution in [2.24, 2.45) is 0 Å². The lowest BCUT2D eigenvalue weighted by atomic mass is 10.1. The topological polar surface area (TPSA) is 29.5 Å². The summed E-state index contributed by atoms with van der Waals surface area (Å²) in [6.07, 6.45) is -0.214. The molecule has 2 aliphatic heterocycles. The predicted molar refractivity (Wildman–Crippen MR) is 70.5 cm³/mol. The zero-order valence-corrected chi connectivity index (χ0v) is 10.3. The summed E-state index contributed by atoms with van der Waals surface area (Å²) < 4.78 is 5.85. The van der Waals surface area contributed by atoms with Gasteiger partial charge in [0.05, 0.1) is 12.6 Å². The smallest absolute Gasteiger partial charge is 0.257 e. The van der Waals surface area contributed by atoms with Crippen LogP contribution in [-0.2, 0) is 4.74 Å². The Hall–Kier alpha value is -2.13. The van der Waals surface area contributed by atoms with E-state index in [1.54, 1.807) is 0 Å². The van der Waals surface area contributed by atoms with Crippen LogP contribution in [-0.4, -0.2) is 17.4 Å². The summed E-state index contributed by atoms with van der Waals surface area (Å²) in [5, 5.41) is 0. The molecule has 2 aliphatic rings. The number of rotatable bonds is 1. The second-order valence-corrected chi connectivity index (χ2v) is 4.91. The molecule has 2 aromatic carbocycles. The van der Waals surface area contributed by atoms with Crippen LogP contribution in [0.2, 0.25) is 0 Å². The van der Waals surface area contributed by atoms with Gasteiger partial charge in [-0.2, -0.15) is 0 Å². The quantitative estimate of drug-likeness (QED) is 0.780. The molecule has 0 aliphatic carbocycles. The van der Waals surface area contributed by atoms with Crippen molar-refractivity contribution in [2.45, 2.75) is 12.3 Å². The van der Waals surface area contributed by atoms with E-state index in [0.29, 0.717) is 6.61 Å². The van der Waals surface area contributed by atoms with Crippen molar-refractivity contribution < 1.29 is 9.53 Å². The first-order chi connectivity index (χ1) is 9.36. The van der Waals surface area contributed by atoms with Crippen LogP contribution < -0.4 is 0 Å². The molecule has 2 heterocycles. The van der Waals surface area contributed by atoms with E-state index in [1.807, 2.05) is 59.5 Å². The van der Waals surface area contributed by atoms with Crippen molar-refractivity contribution >= 4 is 5.91 Å². The normalized spacial score (nSPS) is 24.4. The van der Waals surface area contributed by atoms with E-state index in [-0.39, 0.29) is 18.2 Å². The number of ether oxygens (including phenoxy) is 1. The third kappa shape index (κ3) is 1.45. The summed E-state index contributed by atoms with van der Waals surface area (Å²) in [5.41, 5.74) is 2.89. The highest BCUT2D eigenvalue weighted by Gasteiger charge is 2.46. The highest BCUT2D eigenvalue weighted by atomic mass is 16.5. The van der Waals surface area contributed by atoms with Gasteiger partial charge in [-0.05, 0) is 11.6 Å². The van der Waals surface area contributed by atoms with Crippen molar-refractivity contribution in [1.29, 1.82) is 0 Å². The minimum Gasteiger partial charge on any atom is -0.351 e. The highest BCUT2D eigenvalue weighted by Crippen LogP contribution is 2.45. The van der Waals surface area contributed by atoms with E-state index in [9.17, 15) is 4.79 Å². The van der Waals surface area contributed by atoms with E-state index in [4.69, 9.17) is 4.74 Å². The number of carbonyl (C=O) groups excluding carboxylic acids is 1. The fourth-order valence-electron chi connectivity index (χ4n) is 2.97. The van der Waals surface area contributed by atoms with Crippen molar-refractivity contribution in [2.75, 3.05) is 6.61 Å². The lowest BCUT2D eigenvalue weighted by Gasteiger charge is -2.22. The summed E-state index contributed by atoms with van der Waals surface area (Å²) in [6.45, 7) is 0.564. The first kappa shape index (κ1) is 10.8. The van der Waals surface area contributed by atoms with Crippen molar-refractivity contribution in [3.05, 3.63) is 71.3 Å². The molecule has 0 N–H and O–H groups in total. The molecular formula is C16H13NO2. The van der Waals surface area contributed by atoms with Crippen LogP contribution in [0.3, 0.4) is 0 Å². The summed E-state index contributed by atoms with van der Waals surface area (Å²) in [5.74, 6) is 0.0759. The summed E-state index contributed by atoms with van der Waals surface area (Å²) >= 11 is 0. The lowest BCUT2D eigenvalue weighted by Crippen LogP contribution is -2.27. The molecule has 19 heavy (non-hydrogen) atoms. The second kappa shape index (κ2) is 3.93. The average Bonchev–Trinajstić information content (AvgIpc) is 3.02. The van der Waals surface area contributed by atoms with Crippen LogP contribution in [0, 0.1) is 0 Å². The Bertz CT molecular complexity index is 638. The number of benzene rings is 2. The van der Waals surface area contributed by atoms with Gasteiger partial charge >= 0.3 is 0 Å². The summed E-state index contributed by atoms with van der Waals surface area (Å²) in [4.78, 5) is 14.4.